The van der Waals surface area contributed by atoms with Crippen LogP contribution in [-0.2, 0) is 10.0 Å². The minimum absolute atomic E-state index is 0.00384. The van der Waals surface area contributed by atoms with Gasteiger partial charge in [-0.2, -0.15) is 0 Å². The van der Waals surface area contributed by atoms with Crippen LogP contribution in [0.3, 0.4) is 0 Å². The van der Waals surface area contributed by atoms with Crippen LogP contribution in [0.5, 0.6) is 0 Å². The Morgan fingerprint density at radius 2 is 1.88 bits per heavy atom. The summed E-state index contributed by atoms with van der Waals surface area (Å²) in [5, 5.41) is 8.44. The SMILES string of the molecule is Nc1nc(Nc2ccc(S(N)(=O)=O)cc2)sc1C(=O)c1cccnc1. The molecule has 0 aliphatic heterocycles. The second kappa shape index (κ2) is 6.59. The molecule has 10 heteroatoms. The van der Waals surface area contributed by atoms with E-state index < -0.39 is 10.0 Å². The Hall–Kier alpha value is -2.82. The van der Waals surface area contributed by atoms with Crippen LogP contribution in [0.25, 0.3) is 0 Å². The Morgan fingerprint density at radius 3 is 2.48 bits per heavy atom. The molecule has 0 fully saturated rings. The van der Waals surface area contributed by atoms with Gasteiger partial charge < -0.3 is 11.1 Å². The number of rotatable bonds is 5. The monoisotopic (exact) mass is 375 g/mol. The molecule has 0 spiro atoms. The van der Waals surface area contributed by atoms with Crippen LogP contribution in [0.4, 0.5) is 16.6 Å². The molecule has 25 heavy (non-hydrogen) atoms. The molecule has 0 radical (unpaired) electrons. The number of pyridine rings is 1. The molecule has 0 amide bonds. The molecule has 0 saturated heterocycles. The summed E-state index contributed by atoms with van der Waals surface area (Å²) in [7, 11) is -3.75. The number of thiazole rings is 1. The summed E-state index contributed by atoms with van der Waals surface area (Å²) in [4.78, 5) is 20.8. The first-order chi connectivity index (χ1) is 11.8. The molecule has 0 saturated carbocycles. The average Bonchev–Trinajstić information content (AvgIpc) is 2.95. The highest BCUT2D eigenvalue weighted by Crippen LogP contribution is 2.29. The fourth-order valence-corrected chi connectivity index (χ4v) is 3.41. The van der Waals surface area contributed by atoms with Gasteiger partial charge in [0.05, 0.1) is 4.90 Å². The second-order valence-electron chi connectivity index (χ2n) is 5.00. The molecule has 0 aliphatic carbocycles. The van der Waals surface area contributed by atoms with Crippen molar-refractivity contribution < 1.29 is 13.2 Å². The molecule has 8 nitrogen and oxygen atoms in total. The first-order valence-electron chi connectivity index (χ1n) is 6.95. The molecule has 2 aromatic heterocycles. The molecule has 5 N–H and O–H groups in total. The highest BCUT2D eigenvalue weighted by molar-refractivity contribution is 7.89. The van der Waals surface area contributed by atoms with Crippen LogP contribution < -0.4 is 16.2 Å². The minimum atomic E-state index is -3.75. The Labute approximate surface area is 147 Å². The summed E-state index contributed by atoms with van der Waals surface area (Å²) in [6.45, 7) is 0. The third kappa shape index (κ3) is 3.82. The van der Waals surface area contributed by atoms with Crippen molar-refractivity contribution in [2.75, 3.05) is 11.1 Å². The van der Waals surface area contributed by atoms with Gasteiger partial charge in [-0.05, 0) is 36.4 Å². The standard InChI is InChI=1S/C15H13N5O3S2/c16-14-13(12(21)9-2-1-7-18-8-9)24-15(20-14)19-10-3-5-11(6-4-10)25(17,22)23/h1-8H,16H2,(H,19,20)(H2,17,22,23). The lowest BCUT2D eigenvalue weighted by molar-refractivity contribution is 0.104. The Balaban J connectivity index is 1.82. The van der Waals surface area contributed by atoms with E-state index in [9.17, 15) is 13.2 Å². The van der Waals surface area contributed by atoms with Gasteiger partial charge in [-0.3, -0.25) is 9.78 Å². The number of nitrogen functional groups attached to an aromatic ring is 1. The fourth-order valence-electron chi connectivity index (χ4n) is 2.03. The third-order valence-corrected chi connectivity index (χ3v) is 5.13. The van der Waals surface area contributed by atoms with Gasteiger partial charge in [0.15, 0.2) is 5.13 Å². The normalized spacial score (nSPS) is 11.2. The first kappa shape index (κ1) is 17.0. The first-order valence-corrected chi connectivity index (χ1v) is 9.32. The Morgan fingerprint density at radius 1 is 1.16 bits per heavy atom. The smallest absolute Gasteiger partial charge is 0.238 e. The molecule has 128 valence electrons. The van der Waals surface area contributed by atoms with Crippen molar-refractivity contribution in [2.24, 2.45) is 5.14 Å². The number of benzene rings is 1. The molecule has 0 bridgehead atoms. The van der Waals surface area contributed by atoms with Gasteiger partial charge in [0.25, 0.3) is 0 Å². The van der Waals surface area contributed by atoms with Crippen LogP contribution in [0.1, 0.15) is 15.2 Å². The van der Waals surface area contributed by atoms with E-state index in [-0.39, 0.29) is 16.5 Å². The quantitative estimate of drug-likeness (QED) is 0.577. The zero-order valence-electron chi connectivity index (χ0n) is 12.7. The summed E-state index contributed by atoms with van der Waals surface area (Å²) in [6.07, 6.45) is 3.03. The zero-order valence-corrected chi connectivity index (χ0v) is 14.3. The van der Waals surface area contributed by atoms with Gasteiger partial charge in [-0.1, -0.05) is 11.3 Å². The summed E-state index contributed by atoms with van der Waals surface area (Å²) >= 11 is 1.10. The number of nitrogens with two attached hydrogens (primary N) is 2. The van der Waals surface area contributed by atoms with Crippen molar-refractivity contribution in [3.63, 3.8) is 0 Å². The van der Waals surface area contributed by atoms with Crippen LogP contribution in [0.2, 0.25) is 0 Å². The van der Waals surface area contributed by atoms with Crippen molar-refractivity contribution >= 4 is 43.8 Å². The Kier molecular flexibility index (Phi) is 4.49. The highest BCUT2D eigenvalue weighted by atomic mass is 32.2. The van der Waals surface area contributed by atoms with Crippen molar-refractivity contribution in [1.82, 2.24) is 9.97 Å². The number of nitrogens with one attached hydrogen (secondary N) is 1. The van der Waals surface area contributed by atoms with E-state index in [4.69, 9.17) is 10.9 Å². The molecule has 2 heterocycles. The van der Waals surface area contributed by atoms with Crippen LogP contribution >= 0.6 is 11.3 Å². The van der Waals surface area contributed by atoms with E-state index in [0.29, 0.717) is 21.3 Å². The number of sulfonamides is 1. The number of anilines is 3. The number of carbonyl (C=O) groups is 1. The molecule has 3 rings (SSSR count). The lowest BCUT2D eigenvalue weighted by atomic mass is 10.2. The zero-order chi connectivity index (χ0) is 18.0. The van der Waals surface area contributed by atoms with Gasteiger partial charge in [-0.15, -0.1) is 0 Å². The molecular weight excluding hydrogens is 362 g/mol. The number of carbonyl (C=O) groups excluding carboxylic acids is 1. The summed E-state index contributed by atoms with van der Waals surface area (Å²) < 4.78 is 22.5. The summed E-state index contributed by atoms with van der Waals surface area (Å²) in [5.74, 6) is -0.150. The summed E-state index contributed by atoms with van der Waals surface area (Å²) in [5.41, 5.74) is 6.84. The molecule has 1 aromatic carbocycles. The lowest BCUT2D eigenvalue weighted by Crippen LogP contribution is -2.11. The van der Waals surface area contributed by atoms with Gasteiger partial charge in [0, 0.05) is 23.6 Å². The van der Waals surface area contributed by atoms with E-state index in [1.165, 1.54) is 18.3 Å². The van der Waals surface area contributed by atoms with Crippen LogP contribution in [-0.4, -0.2) is 24.2 Å². The average molecular weight is 375 g/mol. The number of ketones is 1. The Bertz CT molecular complexity index is 1020. The van der Waals surface area contributed by atoms with Gasteiger partial charge in [-0.25, -0.2) is 18.5 Å². The predicted molar refractivity (Wildman–Crippen MR) is 95.3 cm³/mol. The van der Waals surface area contributed by atoms with Crippen molar-refractivity contribution in [3.8, 4) is 0 Å². The van der Waals surface area contributed by atoms with Crippen LogP contribution in [0, 0.1) is 0 Å². The molecular formula is C15H13N5O3S2. The largest absolute Gasteiger partial charge is 0.382 e. The highest BCUT2D eigenvalue weighted by Gasteiger charge is 2.18. The van der Waals surface area contributed by atoms with E-state index in [1.54, 1.807) is 30.5 Å². The van der Waals surface area contributed by atoms with Gasteiger partial charge in [0.2, 0.25) is 15.8 Å². The van der Waals surface area contributed by atoms with Crippen molar-refractivity contribution in [2.45, 2.75) is 4.90 Å². The number of hydrogen-bond acceptors (Lipinski definition) is 8. The fraction of sp³-hybridized carbons (Fsp3) is 0. The van der Waals surface area contributed by atoms with E-state index in [0.717, 1.165) is 11.3 Å². The number of hydrogen-bond donors (Lipinski definition) is 3. The van der Waals surface area contributed by atoms with Crippen molar-refractivity contribution in [3.05, 3.63) is 59.2 Å². The number of nitrogens with zero attached hydrogens (tertiary/aromatic N) is 2. The summed E-state index contributed by atoms with van der Waals surface area (Å²) in [6, 6.07) is 9.14. The lowest BCUT2D eigenvalue weighted by Gasteiger charge is -2.03. The topological polar surface area (TPSA) is 141 Å². The number of aromatic nitrogens is 2. The van der Waals surface area contributed by atoms with Crippen molar-refractivity contribution in [1.29, 1.82) is 0 Å². The second-order valence-corrected chi connectivity index (χ2v) is 7.56. The van der Waals surface area contributed by atoms with E-state index in [1.807, 2.05) is 0 Å². The molecule has 0 atom stereocenters. The van der Waals surface area contributed by atoms with E-state index >= 15 is 0 Å². The number of primary sulfonamides is 1. The minimum Gasteiger partial charge on any atom is -0.382 e. The predicted octanol–water partition coefficient (Wildman–Crippen LogP) is 1.74. The molecule has 0 unspecified atom stereocenters. The van der Waals surface area contributed by atoms with Gasteiger partial charge in [0.1, 0.15) is 10.7 Å². The maximum absolute atomic E-state index is 12.4. The molecule has 3 aromatic rings. The van der Waals surface area contributed by atoms with Crippen LogP contribution in [0.15, 0.2) is 53.7 Å². The third-order valence-electron chi connectivity index (χ3n) is 3.22. The van der Waals surface area contributed by atoms with Gasteiger partial charge >= 0.3 is 0 Å². The molecule has 0 aliphatic rings. The maximum Gasteiger partial charge on any atom is 0.238 e. The maximum atomic E-state index is 12.4. The van der Waals surface area contributed by atoms with E-state index in [2.05, 4.69) is 15.3 Å².